The SMILES string of the molecule is CS(=O)(=O)ON=C(C#N)c1ccc(C(C#N)=NOS(C)(=O)=O)cc1. The Morgan fingerprint density at radius 1 is 0.833 bits per heavy atom. The number of hydrogen-bond acceptors (Lipinski definition) is 10. The third-order valence-corrected chi connectivity index (χ3v) is 2.86. The van der Waals surface area contributed by atoms with Crippen molar-refractivity contribution in [2.75, 3.05) is 12.5 Å². The second kappa shape index (κ2) is 7.54. The molecule has 0 atom stereocenters. The predicted molar refractivity (Wildman–Crippen MR) is 82.6 cm³/mol. The molecule has 0 aliphatic carbocycles. The lowest BCUT2D eigenvalue weighted by atomic mass is 10.1. The standard InChI is InChI=1S/C12H10N4O6S2/c1-23(17,18)21-15-11(7-13)9-3-5-10(6-4-9)12(8-14)16-22-24(2,19)20/h3-6H,1-2H3. The minimum atomic E-state index is -3.86. The third kappa shape index (κ3) is 6.43. The van der Waals surface area contributed by atoms with Crippen LogP contribution in [0.1, 0.15) is 11.1 Å². The van der Waals surface area contributed by atoms with Crippen molar-refractivity contribution in [3.63, 3.8) is 0 Å². The van der Waals surface area contributed by atoms with E-state index >= 15 is 0 Å². The molecule has 0 saturated heterocycles. The molecule has 10 nitrogen and oxygen atoms in total. The van der Waals surface area contributed by atoms with Crippen LogP contribution in [-0.2, 0) is 28.8 Å². The normalized spacial score (nSPS) is 12.8. The van der Waals surface area contributed by atoms with E-state index in [9.17, 15) is 16.8 Å². The van der Waals surface area contributed by atoms with Gasteiger partial charge in [0.25, 0.3) is 0 Å². The van der Waals surface area contributed by atoms with Crippen molar-refractivity contribution in [1.82, 2.24) is 0 Å². The molecule has 126 valence electrons. The van der Waals surface area contributed by atoms with Gasteiger partial charge >= 0.3 is 20.2 Å². The number of nitriles is 2. The first-order valence-electron chi connectivity index (χ1n) is 5.90. The van der Waals surface area contributed by atoms with Crippen LogP contribution in [0, 0.1) is 22.7 Å². The molecule has 1 aromatic rings. The summed E-state index contributed by atoms with van der Waals surface area (Å²) in [6, 6.07) is 8.69. The van der Waals surface area contributed by atoms with Gasteiger partial charge in [0.15, 0.2) is 11.4 Å². The van der Waals surface area contributed by atoms with Gasteiger partial charge < -0.3 is 0 Å². The molecule has 0 radical (unpaired) electrons. The van der Waals surface area contributed by atoms with E-state index in [-0.39, 0.29) is 22.6 Å². The first kappa shape index (κ1) is 19.1. The van der Waals surface area contributed by atoms with Gasteiger partial charge in [-0.3, -0.25) is 8.57 Å². The lowest BCUT2D eigenvalue weighted by Gasteiger charge is -2.01. The molecule has 0 unspecified atom stereocenters. The second-order valence-electron chi connectivity index (χ2n) is 4.24. The van der Waals surface area contributed by atoms with Crippen LogP contribution >= 0.6 is 0 Å². The Kier molecular flexibility index (Phi) is 6.00. The fourth-order valence-corrected chi connectivity index (χ4v) is 1.69. The highest BCUT2D eigenvalue weighted by Gasteiger charge is 2.10. The van der Waals surface area contributed by atoms with Gasteiger partial charge in [0.2, 0.25) is 0 Å². The number of oxime groups is 2. The Morgan fingerprint density at radius 3 is 1.33 bits per heavy atom. The summed E-state index contributed by atoms with van der Waals surface area (Å²) in [6.45, 7) is 0. The molecule has 1 rings (SSSR count). The zero-order valence-corrected chi connectivity index (χ0v) is 14.0. The average molecular weight is 370 g/mol. The summed E-state index contributed by atoms with van der Waals surface area (Å²) < 4.78 is 51.8. The highest BCUT2D eigenvalue weighted by Crippen LogP contribution is 2.09. The molecule has 0 heterocycles. The first-order valence-corrected chi connectivity index (χ1v) is 9.53. The summed E-state index contributed by atoms with van der Waals surface area (Å²) in [6.07, 6.45) is 1.54. The van der Waals surface area contributed by atoms with Crippen LogP contribution in [0.3, 0.4) is 0 Å². The zero-order chi connectivity index (χ0) is 18.4. The van der Waals surface area contributed by atoms with Gasteiger partial charge in [0.1, 0.15) is 12.1 Å². The molecular weight excluding hydrogens is 360 g/mol. The van der Waals surface area contributed by atoms with Gasteiger partial charge in [-0.25, -0.2) is 0 Å². The molecule has 1 aromatic carbocycles. The van der Waals surface area contributed by atoms with Crippen molar-refractivity contribution in [1.29, 1.82) is 10.5 Å². The van der Waals surface area contributed by atoms with Crippen LogP contribution in [0.25, 0.3) is 0 Å². The molecule has 0 fully saturated rings. The molecule has 0 aliphatic heterocycles. The molecule has 0 amide bonds. The van der Waals surface area contributed by atoms with E-state index in [4.69, 9.17) is 10.5 Å². The highest BCUT2D eigenvalue weighted by molar-refractivity contribution is 7.86. The molecule has 0 bridgehead atoms. The maximum Gasteiger partial charge on any atom is 0.325 e. The second-order valence-corrected chi connectivity index (χ2v) is 7.35. The maximum atomic E-state index is 10.9. The predicted octanol–water partition coefficient (Wildman–Crippen LogP) is 0.0944. The van der Waals surface area contributed by atoms with Gasteiger partial charge in [-0.2, -0.15) is 27.4 Å². The summed E-state index contributed by atoms with van der Waals surface area (Å²) >= 11 is 0. The van der Waals surface area contributed by atoms with Crippen LogP contribution in [0.5, 0.6) is 0 Å². The number of nitrogens with zero attached hydrogens (tertiary/aromatic N) is 4. The lowest BCUT2D eigenvalue weighted by Crippen LogP contribution is -2.05. The fraction of sp³-hybridized carbons (Fsp3) is 0.167. The van der Waals surface area contributed by atoms with Crippen molar-refractivity contribution in [3.8, 4) is 12.1 Å². The maximum absolute atomic E-state index is 10.9. The molecule has 24 heavy (non-hydrogen) atoms. The van der Waals surface area contributed by atoms with Crippen molar-refractivity contribution >= 4 is 31.7 Å². The minimum Gasteiger partial charge on any atom is -0.267 e. The van der Waals surface area contributed by atoms with Crippen molar-refractivity contribution in [2.45, 2.75) is 0 Å². The summed E-state index contributed by atoms with van der Waals surface area (Å²) in [5, 5.41) is 24.3. The average Bonchev–Trinajstić information content (AvgIpc) is 2.47. The Bertz CT molecular complexity index is 883. The highest BCUT2D eigenvalue weighted by atomic mass is 32.2. The molecule has 0 saturated carbocycles. The quantitative estimate of drug-likeness (QED) is 0.503. The lowest BCUT2D eigenvalue weighted by molar-refractivity contribution is 0.343. The molecule has 0 N–H and O–H groups in total. The largest absolute Gasteiger partial charge is 0.325 e. The number of rotatable bonds is 6. The summed E-state index contributed by atoms with van der Waals surface area (Å²) in [5.74, 6) is 0. The molecule has 0 aliphatic rings. The Morgan fingerprint density at radius 2 is 1.12 bits per heavy atom. The van der Waals surface area contributed by atoms with E-state index in [1.807, 2.05) is 0 Å². The Balaban J connectivity index is 3.12. The van der Waals surface area contributed by atoms with Crippen molar-refractivity contribution < 1.29 is 25.4 Å². The van der Waals surface area contributed by atoms with Crippen LogP contribution in [0.4, 0.5) is 0 Å². The van der Waals surface area contributed by atoms with Crippen LogP contribution in [-0.4, -0.2) is 40.8 Å². The van der Waals surface area contributed by atoms with E-state index in [1.54, 1.807) is 12.1 Å². The smallest absolute Gasteiger partial charge is 0.267 e. The van der Waals surface area contributed by atoms with Gasteiger partial charge in [-0.05, 0) is 0 Å². The van der Waals surface area contributed by atoms with E-state index < -0.39 is 20.2 Å². The van der Waals surface area contributed by atoms with Crippen LogP contribution in [0.15, 0.2) is 34.6 Å². The summed E-state index contributed by atoms with van der Waals surface area (Å²) in [5.41, 5.74) is -0.193. The van der Waals surface area contributed by atoms with Gasteiger partial charge in [-0.1, -0.05) is 34.6 Å². The van der Waals surface area contributed by atoms with Gasteiger partial charge in [0, 0.05) is 11.1 Å². The van der Waals surface area contributed by atoms with Crippen LogP contribution < -0.4 is 0 Å². The van der Waals surface area contributed by atoms with E-state index in [2.05, 4.69) is 18.9 Å². The Labute approximate surface area is 138 Å². The van der Waals surface area contributed by atoms with Crippen molar-refractivity contribution in [2.24, 2.45) is 10.3 Å². The monoisotopic (exact) mass is 370 g/mol. The molecule has 12 heteroatoms. The zero-order valence-electron chi connectivity index (χ0n) is 12.4. The van der Waals surface area contributed by atoms with E-state index in [1.165, 1.54) is 24.3 Å². The Hall–Kier alpha value is -2.96. The summed E-state index contributed by atoms with van der Waals surface area (Å²) in [7, 11) is -7.72. The fourth-order valence-electron chi connectivity index (χ4n) is 1.27. The first-order chi connectivity index (χ1) is 11.1. The van der Waals surface area contributed by atoms with E-state index in [0.717, 1.165) is 12.5 Å². The number of hydrogen-bond donors (Lipinski definition) is 0. The molecular formula is C12H10N4O6S2. The topological polar surface area (TPSA) is 159 Å². The van der Waals surface area contributed by atoms with Crippen LogP contribution in [0.2, 0.25) is 0 Å². The van der Waals surface area contributed by atoms with Gasteiger partial charge in [0.05, 0.1) is 12.5 Å². The minimum absolute atomic E-state index is 0.214. The van der Waals surface area contributed by atoms with Gasteiger partial charge in [-0.15, -0.1) is 0 Å². The van der Waals surface area contributed by atoms with E-state index in [0.29, 0.717) is 0 Å². The third-order valence-electron chi connectivity index (χ3n) is 2.17. The molecule has 0 aromatic heterocycles. The molecule has 0 spiro atoms. The van der Waals surface area contributed by atoms with Crippen molar-refractivity contribution in [3.05, 3.63) is 35.4 Å². The number of benzene rings is 1. The summed E-state index contributed by atoms with van der Waals surface area (Å²) in [4.78, 5) is 0.